The zero-order valence-electron chi connectivity index (χ0n) is 23.1. The van der Waals surface area contributed by atoms with Gasteiger partial charge < -0.3 is 15.2 Å². The van der Waals surface area contributed by atoms with Crippen molar-refractivity contribution in [3.05, 3.63) is 70.1 Å². The van der Waals surface area contributed by atoms with Crippen LogP contribution in [0.15, 0.2) is 42.7 Å². The Labute approximate surface area is 244 Å². The molecule has 14 heteroatoms. The standard InChI is InChI=1S/C28H29ClF3N7O3/c1-16-21(13-33-37(16)2)24-15-39(36-35-24)25-11-17(4-5-22(25)29)27(41)34-23-12-19(28(30,31)32)10-18(26(23)42-3)14-38-8-6-20(40)7-9-38/h4-5,10-13,15,20,40H,6-9,14H2,1-3H3,(H,34,41). The summed E-state index contributed by atoms with van der Waals surface area (Å²) in [6.07, 6.45) is -0.705. The summed E-state index contributed by atoms with van der Waals surface area (Å²) in [4.78, 5) is 15.3. The van der Waals surface area contributed by atoms with Crippen molar-refractivity contribution >= 4 is 23.2 Å². The number of hydrogen-bond acceptors (Lipinski definition) is 7. The lowest BCUT2D eigenvalue weighted by atomic mass is 10.0. The Bertz CT molecular complexity index is 1610. The van der Waals surface area contributed by atoms with Gasteiger partial charge in [-0.2, -0.15) is 18.3 Å². The number of hydrogen-bond donors (Lipinski definition) is 2. The Hall–Kier alpha value is -3.94. The number of nitrogens with zero attached hydrogens (tertiary/aromatic N) is 6. The summed E-state index contributed by atoms with van der Waals surface area (Å²) in [6, 6.07) is 6.34. The first-order valence-corrected chi connectivity index (χ1v) is 13.5. The molecular formula is C28H29ClF3N7O3. The number of carbonyl (C=O) groups excluding carboxylic acids is 1. The van der Waals surface area contributed by atoms with Gasteiger partial charge in [0.1, 0.15) is 11.4 Å². The second-order valence-corrected chi connectivity index (χ2v) is 10.6. The number of aliphatic hydroxyl groups is 1. The van der Waals surface area contributed by atoms with E-state index in [0.29, 0.717) is 37.3 Å². The number of halogens is 4. The molecule has 1 amide bonds. The van der Waals surface area contributed by atoms with Crippen molar-refractivity contribution in [2.24, 2.45) is 7.05 Å². The SMILES string of the molecule is COc1c(CN2CCC(O)CC2)cc(C(F)(F)F)cc1NC(=O)c1ccc(Cl)c(-n2cc(-c3cnn(C)c3C)nn2)c1. The second kappa shape index (κ2) is 11.7. The number of amides is 1. The van der Waals surface area contributed by atoms with Gasteiger partial charge in [0.15, 0.2) is 0 Å². The first-order valence-electron chi connectivity index (χ1n) is 13.2. The number of methoxy groups -OCH3 is 1. The molecule has 1 aliphatic heterocycles. The van der Waals surface area contributed by atoms with Gasteiger partial charge in [0.05, 0.1) is 47.6 Å². The Morgan fingerprint density at radius 1 is 1.21 bits per heavy atom. The van der Waals surface area contributed by atoms with E-state index in [4.69, 9.17) is 16.3 Å². The molecule has 1 fully saturated rings. The molecule has 0 saturated carbocycles. The molecule has 10 nitrogen and oxygen atoms in total. The van der Waals surface area contributed by atoms with Gasteiger partial charge in [-0.05, 0) is 50.1 Å². The molecule has 2 N–H and O–H groups in total. The highest BCUT2D eigenvalue weighted by atomic mass is 35.5. The summed E-state index contributed by atoms with van der Waals surface area (Å²) in [5.74, 6) is -0.537. The molecule has 0 spiro atoms. The Balaban J connectivity index is 1.45. The maximum atomic E-state index is 13.9. The van der Waals surface area contributed by atoms with Crippen LogP contribution in [0.25, 0.3) is 16.9 Å². The minimum absolute atomic E-state index is 0.115. The maximum Gasteiger partial charge on any atom is 0.416 e. The number of likely N-dealkylation sites (tertiary alicyclic amines) is 1. The molecule has 2 aromatic carbocycles. The summed E-state index contributed by atoms with van der Waals surface area (Å²) in [6.45, 7) is 3.11. The van der Waals surface area contributed by atoms with Gasteiger partial charge in [0, 0.05) is 49.1 Å². The van der Waals surface area contributed by atoms with Crippen LogP contribution in [-0.2, 0) is 19.8 Å². The Morgan fingerprint density at radius 3 is 2.60 bits per heavy atom. The highest BCUT2D eigenvalue weighted by Gasteiger charge is 2.33. The average molecular weight is 604 g/mol. The van der Waals surface area contributed by atoms with E-state index >= 15 is 0 Å². The number of anilines is 1. The van der Waals surface area contributed by atoms with E-state index < -0.39 is 23.8 Å². The zero-order chi connectivity index (χ0) is 30.2. The number of rotatable bonds is 7. The molecule has 0 aliphatic carbocycles. The van der Waals surface area contributed by atoms with Crippen LogP contribution in [-0.4, -0.2) is 67.0 Å². The Morgan fingerprint density at radius 2 is 1.95 bits per heavy atom. The van der Waals surface area contributed by atoms with Crippen molar-refractivity contribution < 1.29 is 27.8 Å². The number of aromatic nitrogens is 5. The van der Waals surface area contributed by atoms with E-state index in [1.54, 1.807) is 17.1 Å². The van der Waals surface area contributed by atoms with Crippen molar-refractivity contribution in [2.75, 3.05) is 25.5 Å². The number of benzene rings is 2. The van der Waals surface area contributed by atoms with Gasteiger partial charge in [0.2, 0.25) is 0 Å². The summed E-state index contributed by atoms with van der Waals surface area (Å²) < 4.78 is 50.2. The van der Waals surface area contributed by atoms with Gasteiger partial charge in [-0.1, -0.05) is 16.8 Å². The van der Waals surface area contributed by atoms with Crippen LogP contribution in [0.3, 0.4) is 0 Å². The van der Waals surface area contributed by atoms with Crippen LogP contribution < -0.4 is 10.1 Å². The molecule has 4 aromatic rings. The van der Waals surface area contributed by atoms with Crippen LogP contribution >= 0.6 is 11.6 Å². The fraction of sp³-hybridized carbons (Fsp3) is 0.357. The van der Waals surface area contributed by atoms with E-state index in [9.17, 15) is 23.1 Å². The van der Waals surface area contributed by atoms with Crippen molar-refractivity contribution in [3.63, 3.8) is 0 Å². The third-order valence-corrected chi connectivity index (χ3v) is 7.68. The first kappa shape index (κ1) is 29.5. The third-order valence-electron chi connectivity index (χ3n) is 7.36. The van der Waals surface area contributed by atoms with Crippen LogP contribution in [0.4, 0.5) is 18.9 Å². The van der Waals surface area contributed by atoms with Gasteiger partial charge in [0.25, 0.3) is 5.91 Å². The predicted molar refractivity (Wildman–Crippen MR) is 150 cm³/mol. The Kier molecular flexibility index (Phi) is 8.26. The molecule has 1 saturated heterocycles. The lowest BCUT2D eigenvalue weighted by Crippen LogP contribution is -2.35. The smallest absolute Gasteiger partial charge is 0.416 e. The van der Waals surface area contributed by atoms with E-state index in [0.717, 1.165) is 23.4 Å². The number of alkyl halides is 3. The number of nitrogens with one attached hydrogen (secondary N) is 1. The molecule has 2 aromatic heterocycles. The monoisotopic (exact) mass is 603 g/mol. The average Bonchev–Trinajstić information content (AvgIpc) is 3.56. The quantitative estimate of drug-likeness (QED) is 0.310. The first-order chi connectivity index (χ1) is 19.9. The maximum absolute atomic E-state index is 13.9. The zero-order valence-corrected chi connectivity index (χ0v) is 23.9. The largest absolute Gasteiger partial charge is 0.494 e. The topological polar surface area (TPSA) is 110 Å². The number of ether oxygens (including phenoxy) is 1. The minimum atomic E-state index is -4.65. The van der Waals surface area contributed by atoms with E-state index in [1.807, 2.05) is 18.9 Å². The summed E-state index contributed by atoms with van der Waals surface area (Å²) in [7, 11) is 3.15. The van der Waals surface area contributed by atoms with Crippen LogP contribution in [0.1, 0.15) is 40.0 Å². The molecule has 42 heavy (non-hydrogen) atoms. The second-order valence-electron chi connectivity index (χ2n) is 10.2. The normalized spacial score (nSPS) is 14.8. The molecule has 5 rings (SSSR count). The fourth-order valence-corrected chi connectivity index (χ4v) is 5.11. The van der Waals surface area contributed by atoms with E-state index in [2.05, 4.69) is 20.7 Å². The van der Waals surface area contributed by atoms with Crippen LogP contribution in [0, 0.1) is 6.92 Å². The van der Waals surface area contributed by atoms with E-state index in [-0.39, 0.29) is 34.1 Å². The summed E-state index contributed by atoms with van der Waals surface area (Å²) >= 11 is 6.43. The number of aryl methyl sites for hydroxylation is 1. The predicted octanol–water partition coefficient (Wildman–Crippen LogP) is 4.87. The van der Waals surface area contributed by atoms with Crippen molar-refractivity contribution in [3.8, 4) is 22.7 Å². The van der Waals surface area contributed by atoms with Crippen LogP contribution in [0.2, 0.25) is 5.02 Å². The van der Waals surface area contributed by atoms with Crippen molar-refractivity contribution in [1.82, 2.24) is 29.7 Å². The number of carbonyl (C=O) groups is 1. The summed E-state index contributed by atoms with van der Waals surface area (Å²) in [5, 5.41) is 25.2. The molecule has 0 radical (unpaired) electrons. The highest BCUT2D eigenvalue weighted by molar-refractivity contribution is 6.32. The molecule has 1 aliphatic rings. The van der Waals surface area contributed by atoms with Crippen molar-refractivity contribution in [1.29, 1.82) is 0 Å². The molecule has 222 valence electrons. The summed E-state index contributed by atoms with van der Waals surface area (Å²) in [5.41, 5.74) is 1.95. The van der Waals surface area contributed by atoms with Crippen molar-refractivity contribution in [2.45, 2.75) is 38.6 Å². The van der Waals surface area contributed by atoms with Gasteiger partial charge >= 0.3 is 6.18 Å². The lowest BCUT2D eigenvalue weighted by Gasteiger charge is -2.30. The lowest BCUT2D eigenvalue weighted by molar-refractivity contribution is -0.137. The van der Waals surface area contributed by atoms with Gasteiger partial charge in [-0.3, -0.25) is 14.4 Å². The van der Waals surface area contributed by atoms with E-state index in [1.165, 1.54) is 30.0 Å². The molecular weight excluding hydrogens is 575 g/mol. The number of piperidine rings is 1. The van der Waals surface area contributed by atoms with Gasteiger partial charge in [-0.25, -0.2) is 4.68 Å². The third kappa shape index (κ3) is 6.13. The van der Waals surface area contributed by atoms with Gasteiger partial charge in [-0.15, -0.1) is 5.10 Å². The minimum Gasteiger partial charge on any atom is -0.494 e. The molecule has 0 unspecified atom stereocenters. The molecule has 0 bridgehead atoms. The van der Waals surface area contributed by atoms with Crippen LogP contribution in [0.5, 0.6) is 5.75 Å². The molecule has 3 heterocycles. The molecule has 0 atom stereocenters. The highest BCUT2D eigenvalue weighted by Crippen LogP contribution is 2.39. The number of aliphatic hydroxyl groups excluding tert-OH is 1. The fourth-order valence-electron chi connectivity index (χ4n) is 4.90.